The summed E-state index contributed by atoms with van der Waals surface area (Å²) in [6.45, 7) is 3.88. The lowest BCUT2D eigenvalue weighted by atomic mass is 9.96. The highest BCUT2D eigenvalue weighted by molar-refractivity contribution is 5.78. The summed E-state index contributed by atoms with van der Waals surface area (Å²) >= 11 is 0. The van der Waals surface area contributed by atoms with Gasteiger partial charge in [0.05, 0.1) is 29.8 Å². The zero-order valence-corrected chi connectivity index (χ0v) is 10.0. The number of nitriles is 1. The molecule has 0 unspecified atom stereocenters. The van der Waals surface area contributed by atoms with Gasteiger partial charge in [-0.25, -0.2) is 0 Å². The number of nitrogen functional groups attached to an aromatic ring is 1. The molecule has 0 aliphatic rings. The molecule has 0 spiro atoms. The van der Waals surface area contributed by atoms with E-state index >= 15 is 0 Å². The highest BCUT2D eigenvalue weighted by Gasteiger charge is 2.17. The molecule has 0 saturated heterocycles. The lowest BCUT2D eigenvalue weighted by molar-refractivity contribution is -0.120. The number of nitrogens with zero attached hydrogens (tertiary/aromatic N) is 2. The molecule has 0 aliphatic heterocycles. The maximum absolute atomic E-state index is 11.6. The first-order chi connectivity index (χ1) is 7.93. The van der Waals surface area contributed by atoms with E-state index in [0.29, 0.717) is 17.9 Å². The van der Waals surface area contributed by atoms with E-state index in [-0.39, 0.29) is 12.3 Å². The molecule has 1 rings (SSSR count). The molecule has 5 nitrogen and oxygen atoms in total. The van der Waals surface area contributed by atoms with E-state index in [1.807, 2.05) is 0 Å². The van der Waals surface area contributed by atoms with Gasteiger partial charge >= 0.3 is 0 Å². The summed E-state index contributed by atoms with van der Waals surface area (Å²) < 4.78 is 0. The van der Waals surface area contributed by atoms with Gasteiger partial charge in [-0.15, -0.1) is 0 Å². The summed E-state index contributed by atoms with van der Waals surface area (Å²) in [6, 6.07) is 5.54. The fourth-order valence-corrected chi connectivity index (χ4v) is 1.13. The molecule has 0 saturated carbocycles. The number of nitrogens with one attached hydrogen (secondary N) is 1. The fourth-order valence-electron chi connectivity index (χ4n) is 1.13. The summed E-state index contributed by atoms with van der Waals surface area (Å²) in [5.41, 5.74) is 6.17. The van der Waals surface area contributed by atoms with Crippen LogP contribution < -0.4 is 11.1 Å². The molecule has 0 atom stereocenters. The summed E-state index contributed by atoms with van der Waals surface area (Å²) in [7, 11) is 0. The number of carbonyl (C=O) groups excluding carboxylic acids is 1. The fraction of sp³-hybridized carbons (Fsp3) is 0.417. The van der Waals surface area contributed by atoms with Crippen molar-refractivity contribution in [2.75, 3.05) is 12.3 Å². The van der Waals surface area contributed by atoms with Crippen LogP contribution in [0.3, 0.4) is 0 Å². The van der Waals surface area contributed by atoms with Crippen LogP contribution in [0.1, 0.15) is 19.5 Å². The Labute approximate surface area is 101 Å². The minimum atomic E-state index is -0.551. The Kier molecular flexibility index (Phi) is 4.05. The quantitative estimate of drug-likeness (QED) is 0.805. The normalized spacial score (nSPS) is 10.6. The number of hydrogen-bond acceptors (Lipinski definition) is 4. The summed E-state index contributed by atoms with van der Waals surface area (Å²) in [6.07, 6.45) is 1.71. The molecule has 1 heterocycles. The van der Waals surface area contributed by atoms with Crippen molar-refractivity contribution in [2.45, 2.75) is 20.3 Å². The lowest BCUT2D eigenvalue weighted by Crippen LogP contribution is -2.34. The molecule has 1 aromatic rings. The van der Waals surface area contributed by atoms with Crippen molar-refractivity contribution < 1.29 is 4.79 Å². The molecule has 5 heteroatoms. The maximum Gasteiger partial charge on any atom is 0.226 e. The van der Waals surface area contributed by atoms with Crippen molar-refractivity contribution in [3.05, 3.63) is 24.0 Å². The lowest BCUT2D eigenvalue weighted by Gasteiger charge is -2.15. The SMILES string of the molecule is CC(C)(C#N)CNC(=O)Cc1ccc(N)cn1. The molecule has 0 aliphatic carbocycles. The predicted octanol–water partition coefficient (Wildman–Crippen LogP) is 0.872. The first-order valence-corrected chi connectivity index (χ1v) is 5.31. The van der Waals surface area contributed by atoms with Crippen LogP contribution in [0.2, 0.25) is 0 Å². The number of anilines is 1. The second-order valence-corrected chi connectivity index (χ2v) is 4.53. The Bertz CT molecular complexity index is 431. The standard InChI is InChI=1S/C12H16N4O/c1-12(2,7-13)8-16-11(17)5-10-4-3-9(14)6-15-10/h3-4,6H,5,8,14H2,1-2H3,(H,16,17). The third-order valence-corrected chi connectivity index (χ3v) is 2.22. The second-order valence-electron chi connectivity index (χ2n) is 4.53. The van der Waals surface area contributed by atoms with Gasteiger partial charge in [-0.3, -0.25) is 9.78 Å². The molecule has 3 N–H and O–H groups in total. The van der Waals surface area contributed by atoms with Gasteiger partial charge in [-0.2, -0.15) is 5.26 Å². The summed E-state index contributed by atoms with van der Waals surface area (Å²) in [5.74, 6) is -0.148. The summed E-state index contributed by atoms with van der Waals surface area (Å²) in [4.78, 5) is 15.6. The van der Waals surface area contributed by atoms with Crippen molar-refractivity contribution >= 4 is 11.6 Å². The third kappa shape index (κ3) is 4.51. The Hall–Kier alpha value is -2.09. The van der Waals surface area contributed by atoms with Crippen LogP contribution in [0.5, 0.6) is 0 Å². The van der Waals surface area contributed by atoms with Gasteiger partial charge < -0.3 is 11.1 Å². The van der Waals surface area contributed by atoms with E-state index in [0.717, 1.165) is 0 Å². The van der Waals surface area contributed by atoms with Gasteiger partial charge in [-0.05, 0) is 26.0 Å². The van der Waals surface area contributed by atoms with Crippen molar-refractivity contribution in [3.8, 4) is 6.07 Å². The summed E-state index contributed by atoms with van der Waals surface area (Å²) in [5, 5.41) is 11.5. The molecule has 1 aromatic heterocycles. The van der Waals surface area contributed by atoms with Gasteiger partial charge in [0.1, 0.15) is 0 Å². The van der Waals surface area contributed by atoms with Crippen LogP contribution in [0.25, 0.3) is 0 Å². The van der Waals surface area contributed by atoms with Gasteiger partial charge in [0.15, 0.2) is 0 Å². The van der Waals surface area contributed by atoms with Crippen LogP contribution in [-0.4, -0.2) is 17.4 Å². The zero-order chi connectivity index (χ0) is 12.9. The number of amides is 1. The predicted molar refractivity (Wildman–Crippen MR) is 64.8 cm³/mol. The Morgan fingerprint density at radius 3 is 2.82 bits per heavy atom. The number of nitrogens with two attached hydrogens (primary N) is 1. The van der Waals surface area contributed by atoms with Crippen molar-refractivity contribution in [1.82, 2.24) is 10.3 Å². The Balaban J connectivity index is 2.46. The molecular weight excluding hydrogens is 216 g/mol. The van der Waals surface area contributed by atoms with E-state index in [2.05, 4.69) is 16.4 Å². The van der Waals surface area contributed by atoms with E-state index in [1.54, 1.807) is 26.0 Å². The second kappa shape index (κ2) is 5.30. The molecule has 17 heavy (non-hydrogen) atoms. The van der Waals surface area contributed by atoms with Crippen LogP contribution in [-0.2, 0) is 11.2 Å². The third-order valence-electron chi connectivity index (χ3n) is 2.22. The average molecular weight is 232 g/mol. The van der Waals surface area contributed by atoms with Gasteiger partial charge in [-0.1, -0.05) is 0 Å². The molecular formula is C12H16N4O. The number of hydrogen-bond donors (Lipinski definition) is 2. The number of rotatable bonds is 4. The Morgan fingerprint density at radius 2 is 2.29 bits per heavy atom. The van der Waals surface area contributed by atoms with Gasteiger partial charge in [0.2, 0.25) is 5.91 Å². The maximum atomic E-state index is 11.6. The number of pyridine rings is 1. The number of carbonyl (C=O) groups is 1. The minimum absolute atomic E-state index is 0.148. The van der Waals surface area contributed by atoms with Crippen molar-refractivity contribution in [2.24, 2.45) is 5.41 Å². The monoisotopic (exact) mass is 232 g/mol. The molecule has 1 amide bonds. The topological polar surface area (TPSA) is 91.8 Å². The molecule has 0 radical (unpaired) electrons. The highest BCUT2D eigenvalue weighted by Crippen LogP contribution is 2.10. The number of aromatic nitrogens is 1. The largest absolute Gasteiger partial charge is 0.397 e. The van der Waals surface area contributed by atoms with Crippen LogP contribution >= 0.6 is 0 Å². The van der Waals surface area contributed by atoms with Crippen molar-refractivity contribution in [1.29, 1.82) is 5.26 Å². The first kappa shape index (κ1) is 13.0. The Morgan fingerprint density at radius 1 is 1.59 bits per heavy atom. The highest BCUT2D eigenvalue weighted by atomic mass is 16.1. The average Bonchev–Trinajstić information content (AvgIpc) is 2.30. The smallest absolute Gasteiger partial charge is 0.226 e. The van der Waals surface area contributed by atoms with Crippen LogP contribution in [0.4, 0.5) is 5.69 Å². The van der Waals surface area contributed by atoms with Crippen LogP contribution in [0, 0.1) is 16.7 Å². The van der Waals surface area contributed by atoms with Gasteiger partial charge in [0.25, 0.3) is 0 Å². The van der Waals surface area contributed by atoms with E-state index < -0.39 is 5.41 Å². The van der Waals surface area contributed by atoms with Crippen LogP contribution in [0.15, 0.2) is 18.3 Å². The first-order valence-electron chi connectivity index (χ1n) is 5.31. The van der Waals surface area contributed by atoms with E-state index in [1.165, 1.54) is 6.20 Å². The molecule has 90 valence electrons. The molecule has 0 fully saturated rings. The van der Waals surface area contributed by atoms with E-state index in [9.17, 15) is 4.79 Å². The van der Waals surface area contributed by atoms with E-state index in [4.69, 9.17) is 11.0 Å². The molecule has 0 bridgehead atoms. The molecule has 0 aromatic carbocycles. The zero-order valence-electron chi connectivity index (χ0n) is 10.0. The van der Waals surface area contributed by atoms with Crippen molar-refractivity contribution in [3.63, 3.8) is 0 Å². The van der Waals surface area contributed by atoms with Gasteiger partial charge in [0, 0.05) is 12.2 Å². The minimum Gasteiger partial charge on any atom is -0.397 e.